The van der Waals surface area contributed by atoms with Crippen molar-refractivity contribution in [3.05, 3.63) is 54.1 Å². The van der Waals surface area contributed by atoms with E-state index in [9.17, 15) is 0 Å². The molecule has 0 aliphatic rings. The monoisotopic (exact) mass is 355 g/mol. The normalized spacial score (nSPS) is 10.8. The molecule has 0 aliphatic carbocycles. The lowest BCUT2D eigenvalue weighted by Crippen LogP contribution is -2.05. The lowest BCUT2D eigenvalue weighted by molar-refractivity contribution is 0.289. The van der Waals surface area contributed by atoms with Gasteiger partial charge in [0.25, 0.3) is 0 Å². The summed E-state index contributed by atoms with van der Waals surface area (Å²) in [5, 5.41) is 3.47. The Bertz CT molecular complexity index is 622. The standard InChI is InChI=1S/C23H33NO2/c1-4-5-8-16-26-23-10-7-6-9-20(23)18-24-21-11-13-22(14-12-21)25-17-15-19(2)3/h6-7,9-14,19,24H,4-5,8,15-18H2,1-3H3. The third-order valence-electron chi connectivity index (χ3n) is 4.28. The number of nitrogens with one attached hydrogen (secondary N) is 1. The van der Waals surface area contributed by atoms with Crippen LogP contribution in [0.1, 0.15) is 52.0 Å². The Labute approximate surface area is 158 Å². The van der Waals surface area contributed by atoms with E-state index in [0.29, 0.717) is 5.92 Å². The minimum Gasteiger partial charge on any atom is -0.494 e. The maximum Gasteiger partial charge on any atom is 0.124 e. The third kappa shape index (κ3) is 7.38. The van der Waals surface area contributed by atoms with E-state index >= 15 is 0 Å². The van der Waals surface area contributed by atoms with Gasteiger partial charge in [-0.15, -0.1) is 0 Å². The fourth-order valence-corrected chi connectivity index (χ4v) is 2.60. The maximum atomic E-state index is 5.95. The molecule has 0 atom stereocenters. The van der Waals surface area contributed by atoms with Crippen LogP contribution < -0.4 is 14.8 Å². The first-order valence-corrected chi connectivity index (χ1v) is 9.86. The summed E-state index contributed by atoms with van der Waals surface area (Å²) in [6, 6.07) is 16.4. The highest BCUT2D eigenvalue weighted by molar-refractivity contribution is 5.47. The highest BCUT2D eigenvalue weighted by Gasteiger charge is 2.03. The Morgan fingerprint density at radius 1 is 0.885 bits per heavy atom. The van der Waals surface area contributed by atoms with Crippen molar-refractivity contribution in [3.63, 3.8) is 0 Å². The van der Waals surface area contributed by atoms with Crippen LogP contribution in [-0.4, -0.2) is 13.2 Å². The van der Waals surface area contributed by atoms with Crippen molar-refractivity contribution in [1.29, 1.82) is 0 Å². The van der Waals surface area contributed by atoms with E-state index in [1.165, 1.54) is 18.4 Å². The number of anilines is 1. The van der Waals surface area contributed by atoms with Gasteiger partial charge in [0.15, 0.2) is 0 Å². The summed E-state index contributed by atoms with van der Waals surface area (Å²) in [4.78, 5) is 0. The molecule has 142 valence electrons. The van der Waals surface area contributed by atoms with Crippen LogP contribution in [0.25, 0.3) is 0 Å². The van der Waals surface area contributed by atoms with Crippen molar-refractivity contribution in [3.8, 4) is 11.5 Å². The minimum absolute atomic E-state index is 0.667. The van der Waals surface area contributed by atoms with Crippen molar-refractivity contribution in [2.45, 2.75) is 53.0 Å². The minimum atomic E-state index is 0.667. The van der Waals surface area contributed by atoms with Gasteiger partial charge in [-0.3, -0.25) is 0 Å². The molecule has 0 bridgehead atoms. The highest BCUT2D eigenvalue weighted by Crippen LogP contribution is 2.21. The van der Waals surface area contributed by atoms with E-state index in [1.54, 1.807) is 0 Å². The lowest BCUT2D eigenvalue weighted by Gasteiger charge is -2.13. The second-order valence-corrected chi connectivity index (χ2v) is 7.07. The van der Waals surface area contributed by atoms with Crippen LogP contribution in [0.2, 0.25) is 0 Å². The van der Waals surface area contributed by atoms with Crippen LogP contribution >= 0.6 is 0 Å². The third-order valence-corrected chi connectivity index (χ3v) is 4.28. The summed E-state index contributed by atoms with van der Waals surface area (Å²) < 4.78 is 11.7. The molecule has 0 aromatic heterocycles. The summed E-state index contributed by atoms with van der Waals surface area (Å²) in [5.41, 5.74) is 2.27. The van der Waals surface area contributed by atoms with Gasteiger partial charge in [-0.05, 0) is 49.1 Å². The van der Waals surface area contributed by atoms with E-state index in [1.807, 2.05) is 18.2 Å². The van der Waals surface area contributed by atoms with E-state index in [2.05, 4.69) is 56.4 Å². The van der Waals surface area contributed by atoms with Crippen LogP contribution in [0.4, 0.5) is 5.69 Å². The van der Waals surface area contributed by atoms with Gasteiger partial charge in [0.2, 0.25) is 0 Å². The number of benzene rings is 2. The molecule has 1 N–H and O–H groups in total. The van der Waals surface area contributed by atoms with Crippen molar-refractivity contribution in [1.82, 2.24) is 0 Å². The molecule has 0 unspecified atom stereocenters. The van der Waals surface area contributed by atoms with Gasteiger partial charge in [0, 0.05) is 17.8 Å². The first-order valence-electron chi connectivity index (χ1n) is 9.86. The van der Waals surface area contributed by atoms with Gasteiger partial charge in [-0.2, -0.15) is 0 Å². The topological polar surface area (TPSA) is 30.5 Å². The molecule has 0 amide bonds. The molecule has 2 aromatic rings. The van der Waals surface area contributed by atoms with Crippen LogP contribution in [-0.2, 0) is 6.54 Å². The Morgan fingerprint density at radius 3 is 2.38 bits per heavy atom. The molecule has 3 heteroatoms. The number of rotatable bonds is 12. The molecule has 2 rings (SSSR count). The first-order chi connectivity index (χ1) is 12.7. The smallest absolute Gasteiger partial charge is 0.124 e. The average molecular weight is 356 g/mol. The van der Waals surface area contributed by atoms with E-state index in [4.69, 9.17) is 9.47 Å². The summed E-state index contributed by atoms with van der Waals surface area (Å²) in [5.74, 6) is 2.57. The van der Waals surface area contributed by atoms with Crippen LogP contribution in [0.3, 0.4) is 0 Å². The van der Waals surface area contributed by atoms with Crippen molar-refractivity contribution in [2.24, 2.45) is 5.92 Å². The van der Waals surface area contributed by atoms with E-state index in [0.717, 1.165) is 49.8 Å². The molecule has 0 aliphatic heterocycles. The number of hydrogen-bond acceptors (Lipinski definition) is 3. The molecule has 0 saturated heterocycles. The Hall–Kier alpha value is -2.16. The SMILES string of the molecule is CCCCCOc1ccccc1CNc1ccc(OCCC(C)C)cc1. The van der Waals surface area contributed by atoms with E-state index < -0.39 is 0 Å². The molecule has 0 spiro atoms. The van der Waals surface area contributed by atoms with Gasteiger partial charge >= 0.3 is 0 Å². The maximum absolute atomic E-state index is 5.95. The van der Waals surface area contributed by atoms with Crippen molar-refractivity contribution >= 4 is 5.69 Å². The number of ether oxygens (including phenoxy) is 2. The van der Waals surface area contributed by atoms with Gasteiger partial charge in [0.1, 0.15) is 11.5 Å². The molecule has 0 saturated carbocycles. The van der Waals surface area contributed by atoms with Gasteiger partial charge < -0.3 is 14.8 Å². The predicted octanol–water partition coefficient (Wildman–Crippen LogP) is 6.29. The average Bonchev–Trinajstić information content (AvgIpc) is 2.65. The predicted molar refractivity (Wildman–Crippen MR) is 110 cm³/mol. The van der Waals surface area contributed by atoms with Crippen LogP contribution in [0.5, 0.6) is 11.5 Å². The fourth-order valence-electron chi connectivity index (χ4n) is 2.60. The Kier molecular flexibility index (Phi) is 8.88. The molecule has 0 radical (unpaired) electrons. The second kappa shape index (κ2) is 11.5. The second-order valence-electron chi connectivity index (χ2n) is 7.07. The zero-order valence-corrected chi connectivity index (χ0v) is 16.5. The summed E-state index contributed by atoms with van der Waals surface area (Å²) in [7, 11) is 0. The molecular weight excluding hydrogens is 322 g/mol. The van der Waals surface area contributed by atoms with Crippen molar-refractivity contribution in [2.75, 3.05) is 18.5 Å². The molecule has 26 heavy (non-hydrogen) atoms. The van der Waals surface area contributed by atoms with Gasteiger partial charge in [-0.25, -0.2) is 0 Å². The zero-order valence-electron chi connectivity index (χ0n) is 16.5. The zero-order chi connectivity index (χ0) is 18.6. The highest BCUT2D eigenvalue weighted by atomic mass is 16.5. The lowest BCUT2D eigenvalue weighted by atomic mass is 10.1. The molecule has 3 nitrogen and oxygen atoms in total. The van der Waals surface area contributed by atoms with Crippen LogP contribution in [0.15, 0.2) is 48.5 Å². The largest absolute Gasteiger partial charge is 0.494 e. The van der Waals surface area contributed by atoms with E-state index in [-0.39, 0.29) is 0 Å². The number of para-hydroxylation sites is 1. The molecular formula is C23H33NO2. The van der Waals surface area contributed by atoms with Crippen molar-refractivity contribution < 1.29 is 9.47 Å². The molecule has 0 heterocycles. The fraction of sp³-hybridized carbons (Fsp3) is 0.478. The molecule has 2 aromatic carbocycles. The number of unbranched alkanes of at least 4 members (excludes halogenated alkanes) is 2. The number of hydrogen-bond donors (Lipinski definition) is 1. The Balaban J connectivity index is 1.82. The Morgan fingerprint density at radius 2 is 1.65 bits per heavy atom. The summed E-state index contributed by atoms with van der Waals surface area (Å²) in [6.07, 6.45) is 4.61. The van der Waals surface area contributed by atoms with Gasteiger partial charge in [0.05, 0.1) is 13.2 Å². The molecule has 0 fully saturated rings. The summed E-state index contributed by atoms with van der Waals surface area (Å²) >= 11 is 0. The van der Waals surface area contributed by atoms with Gasteiger partial charge in [-0.1, -0.05) is 51.8 Å². The quantitative estimate of drug-likeness (QED) is 0.454. The van der Waals surface area contributed by atoms with Crippen LogP contribution in [0, 0.1) is 5.92 Å². The summed E-state index contributed by atoms with van der Waals surface area (Å²) in [6.45, 7) is 8.93. The first kappa shape index (κ1) is 20.2.